The first-order valence-corrected chi connectivity index (χ1v) is 8.60. The molecule has 0 bridgehead atoms. The summed E-state index contributed by atoms with van der Waals surface area (Å²) in [7, 11) is 0. The molecule has 1 atom stereocenters. The monoisotopic (exact) mass is 342 g/mol. The molecule has 2 heterocycles. The number of rotatable bonds is 4. The number of carboxylic acids is 1. The van der Waals surface area contributed by atoms with Gasteiger partial charge in [0.15, 0.2) is 0 Å². The van der Waals surface area contributed by atoms with Crippen LogP contribution in [0.5, 0.6) is 0 Å². The summed E-state index contributed by atoms with van der Waals surface area (Å²) in [6.45, 7) is 9.24. The maximum Gasteiger partial charge on any atom is 0.323 e. The molecular weight excluding hydrogens is 312 g/mol. The van der Waals surface area contributed by atoms with E-state index in [-0.39, 0.29) is 25.0 Å². The third kappa shape index (κ3) is 4.68. The average molecular weight is 342 g/mol. The standard InChI is InChI=1S/C17H30N2O5/c1-16(2)11-19(13(10-24-16)15(21)22)9-14(20)18-7-5-12(6-8-18)17(3,4)23/h12-13,23H,5-11H2,1-4H3,(H,21,22). The van der Waals surface area contributed by atoms with Gasteiger partial charge in [-0.3, -0.25) is 14.5 Å². The predicted molar refractivity (Wildman–Crippen MR) is 88.6 cm³/mol. The van der Waals surface area contributed by atoms with Crippen molar-refractivity contribution in [3.63, 3.8) is 0 Å². The largest absolute Gasteiger partial charge is 0.480 e. The van der Waals surface area contributed by atoms with Crippen molar-refractivity contribution in [2.45, 2.75) is 57.8 Å². The van der Waals surface area contributed by atoms with E-state index in [9.17, 15) is 19.8 Å². The molecule has 0 aliphatic carbocycles. The van der Waals surface area contributed by atoms with Crippen LogP contribution in [0.25, 0.3) is 0 Å². The highest BCUT2D eigenvalue weighted by atomic mass is 16.5. The number of morpholine rings is 1. The molecule has 0 aromatic carbocycles. The fourth-order valence-electron chi connectivity index (χ4n) is 3.56. The second-order valence-electron chi connectivity index (χ2n) is 8.14. The molecule has 7 nitrogen and oxygen atoms in total. The number of piperidine rings is 1. The number of aliphatic hydroxyl groups is 1. The Morgan fingerprint density at radius 3 is 2.33 bits per heavy atom. The lowest BCUT2D eigenvalue weighted by Crippen LogP contribution is -2.59. The molecule has 2 saturated heterocycles. The molecule has 0 aromatic rings. The number of aliphatic carboxylic acids is 1. The molecule has 0 spiro atoms. The Balaban J connectivity index is 1.94. The van der Waals surface area contributed by atoms with Crippen molar-refractivity contribution < 1.29 is 24.5 Å². The van der Waals surface area contributed by atoms with Crippen LogP contribution < -0.4 is 0 Å². The average Bonchev–Trinajstić information content (AvgIpc) is 2.45. The Labute approximate surface area is 143 Å². The minimum atomic E-state index is -0.959. The van der Waals surface area contributed by atoms with Crippen LogP contribution in [-0.4, -0.2) is 81.9 Å². The molecule has 1 amide bonds. The van der Waals surface area contributed by atoms with Crippen molar-refractivity contribution in [1.29, 1.82) is 0 Å². The third-order valence-corrected chi connectivity index (χ3v) is 5.13. The summed E-state index contributed by atoms with van der Waals surface area (Å²) in [5, 5.41) is 19.4. The van der Waals surface area contributed by atoms with Crippen molar-refractivity contribution in [3.8, 4) is 0 Å². The molecule has 2 N–H and O–H groups in total. The lowest BCUT2D eigenvalue weighted by atomic mass is 9.83. The van der Waals surface area contributed by atoms with Gasteiger partial charge in [-0.05, 0) is 46.5 Å². The summed E-state index contributed by atoms with van der Waals surface area (Å²) >= 11 is 0. The third-order valence-electron chi connectivity index (χ3n) is 5.13. The summed E-state index contributed by atoms with van der Waals surface area (Å²) in [4.78, 5) is 27.5. The molecule has 2 rings (SSSR count). The van der Waals surface area contributed by atoms with Gasteiger partial charge in [0.05, 0.1) is 24.4 Å². The van der Waals surface area contributed by atoms with Gasteiger partial charge in [-0.2, -0.15) is 0 Å². The van der Waals surface area contributed by atoms with Crippen LogP contribution >= 0.6 is 0 Å². The maximum atomic E-state index is 12.6. The number of ether oxygens (including phenoxy) is 1. The van der Waals surface area contributed by atoms with E-state index in [0.717, 1.165) is 12.8 Å². The highest BCUT2D eigenvalue weighted by Crippen LogP contribution is 2.28. The zero-order valence-corrected chi connectivity index (χ0v) is 15.1. The van der Waals surface area contributed by atoms with Gasteiger partial charge >= 0.3 is 5.97 Å². The van der Waals surface area contributed by atoms with E-state index in [4.69, 9.17) is 4.74 Å². The number of carbonyl (C=O) groups is 2. The summed E-state index contributed by atoms with van der Waals surface area (Å²) in [6, 6.07) is -0.782. The van der Waals surface area contributed by atoms with E-state index in [1.807, 2.05) is 27.7 Å². The molecule has 0 aromatic heterocycles. The predicted octanol–water partition coefficient (Wildman–Crippen LogP) is 0.560. The van der Waals surface area contributed by atoms with Gasteiger partial charge in [-0.1, -0.05) is 0 Å². The van der Waals surface area contributed by atoms with Crippen LogP contribution in [0, 0.1) is 5.92 Å². The maximum absolute atomic E-state index is 12.6. The smallest absolute Gasteiger partial charge is 0.323 e. The van der Waals surface area contributed by atoms with Gasteiger partial charge in [0, 0.05) is 19.6 Å². The van der Waals surface area contributed by atoms with Crippen LogP contribution in [0.2, 0.25) is 0 Å². The van der Waals surface area contributed by atoms with Gasteiger partial charge in [-0.25, -0.2) is 0 Å². The Bertz CT molecular complexity index is 478. The topological polar surface area (TPSA) is 90.3 Å². The summed E-state index contributed by atoms with van der Waals surface area (Å²) in [5.41, 5.74) is -1.18. The lowest BCUT2D eigenvalue weighted by Gasteiger charge is -2.43. The number of hydrogen-bond donors (Lipinski definition) is 2. The van der Waals surface area contributed by atoms with E-state index in [1.54, 1.807) is 9.80 Å². The second-order valence-corrected chi connectivity index (χ2v) is 8.14. The van der Waals surface area contributed by atoms with Crippen molar-refractivity contribution in [2.75, 3.05) is 32.8 Å². The fraction of sp³-hybridized carbons (Fsp3) is 0.882. The lowest BCUT2D eigenvalue weighted by molar-refractivity contribution is -0.165. The van der Waals surface area contributed by atoms with Gasteiger partial charge in [0.1, 0.15) is 6.04 Å². The molecule has 1 unspecified atom stereocenters. The Morgan fingerprint density at radius 2 is 1.83 bits per heavy atom. The quantitative estimate of drug-likeness (QED) is 0.776. The summed E-state index contributed by atoms with van der Waals surface area (Å²) in [6.07, 6.45) is 1.54. The zero-order valence-electron chi connectivity index (χ0n) is 15.1. The van der Waals surface area contributed by atoms with Crippen molar-refractivity contribution in [2.24, 2.45) is 5.92 Å². The number of carbonyl (C=O) groups excluding carboxylic acids is 1. The zero-order chi connectivity index (χ0) is 18.1. The van der Waals surface area contributed by atoms with E-state index < -0.39 is 23.2 Å². The Morgan fingerprint density at radius 1 is 1.25 bits per heavy atom. The highest BCUT2D eigenvalue weighted by molar-refractivity contribution is 5.80. The number of carboxylic acid groups (broad SMARTS) is 1. The molecule has 24 heavy (non-hydrogen) atoms. The number of likely N-dealkylation sites (tertiary alicyclic amines) is 1. The molecule has 7 heteroatoms. The van der Waals surface area contributed by atoms with Crippen LogP contribution in [0.3, 0.4) is 0 Å². The molecule has 0 radical (unpaired) electrons. The molecule has 138 valence electrons. The van der Waals surface area contributed by atoms with Crippen molar-refractivity contribution in [1.82, 2.24) is 9.80 Å². The number of amides is 1. The normalized spacial score (nSPS) is 26.4. The van der Waals surface area contributed by atoms with Crippen LogP contribution in [0.1, 0.15) is 40.5 Å². The first-order valence-electron chi connectivity index (χ1n) is 8.60. The van der Waals surface area contributed by atoms with Gasteiger partial charge in [0.25, 0.3) is 0 Å². The van der Waals surface area contributed by atoms with Gasteiger partial charge < -0.3 is 19.8 Å². The molecule has 2 aliphatic rings. The SMILES string of the molecule is CC1(C)CN(CC(=O)N2CCC(C(C)(C)O)CC2)C(C(=O)O)CO1. The minimum absolute atomic E-state index is 0.0480. The highest BCUT2D eigenvalue weighted by Gasteiger charge is 2.39. The number of nitrogens with zero attached hydrogens (tertiary/aromatic N) is 2. The fourth-order valence-corrected chi connectivity index (χ4v) is 3.56. The van der Waals surface area contributed by atoms with Crippen molar-refractivity contribution >= 4 is 11.9 Å². The van der Waals surface area contributed by atoms with E-state index in [2.05, 4.69) is 0 Å². The van der Waals surface area contributed by atoms with Gasteiger partial charge in [0.2, 0.25) is 5.91 Å². The van der Waals surface area contributed by atoms with Crippen molar-refractivity contribution in [3.05, 3.63) is 0 Å². The number of hydrogen-bond acceptors (Lipinski definition) is 5. The molecule has 0 saturated carbocycles. The molecular formula is C17H30N2O5. The van der Waals surface area contributed by atoms with E-state index >= 15 is 0 Å². The van der Waals surface area contributed by atoms with E-state index in [1.165, 1.54) is 0 Å². The second kappa shape index (κ2) is 6.98. The molecule has 2 fully saturated rings. The first-order chi connectivity index (χ1) is 11.0. The van der Waals surface area contributed by atoms with Crippen LogP contribution in [0.15, 0.2) is 0 Å². The van der Waals surface area contributed by atoms with E-state index in [0.29, 0.717) is 19.6 Å². The van der Waals surface area contributed by atoms with Crippen LogP contribution in [0.4, 0.5) is 0 Å². The minimum Gasteiger partial charge on any atom is -0.480 e. The summed E-state index contributed by atoms with van der Waals surface area (Å²) in [5.74, 6) is -0.817. The van der Waals surface area contributed by atoms with Gasteiger partial charge in [-0.15, -0.1) is 0 Å². The summed E-state index contributed by atoms with van der Waals surface area (Å²) < 4.78 is 5.57. The van der Waals surface area contributed by atoms with Crippen LogP contribution in [-0.2, 0) is 14.3 Å². The molecule has 2 aliphatic heterocycles. The Kier molecular flexibility index (Phi) is 5.57. The Hall–Kier alpha value is -1.18. The first kappa shape index (κ1) is 19.1.